The van der Waals surface area contributed by atoms with Gasteiger partial charge in [-0.05, 0) is 56.2 Å². The van der Waals surface area contributed by atoms with E-state index < -0.39 is 6.36 Å². The minimum atomic E-state index is -4.74. The maximum absolute atomic E-state index is 12.6. The van der Waals surface area contributed by atoms with Crippen LogP contribution in [0.4, 0.5) is 24.7 Å². The lowest BCUT2D eigenvalue weighted by Crippen LogP contribution is -2.38. The van der Waals surface area contributed by atoms with Gasteiger partial charge in [0.1, 0.15) is 11.6 Å². The van der Waals surface area contributed by atoms with Crippen LogP contribution in [-0.4, -0.2) is 30.3 Å². The zero-order valence-electron chi connectivity index (χ0n) is 16.2. The highest BCUT2D eigenvalue weighted by molar-refractivity contribution is 7.19. The van der Waals surface area contributed by atoms with Crippen molar-refractivity contribution in [1.29, 1.82) is 0 Å². The van der Waals surface area contributed by atoms with E-state index in [1.54, 1.807) is 11.3 Å². The molecule has 1 fully saturated rings. The Morgan fingerprint density at radius 3 is 2.57 bits per heavy atom. The predicted octanol–water partition coefficient (Wildman–Crippen LogP) is 5.36. The van der Waals surface area contributed by atoms with Crippen molar-refractivity contribution in [1.82, 2.24) is 4.98 Å². The Balaban J connectivity index is 1.35. The Bertz CT molecular complexity index is 1040. The molecule has 9 heteroatoms. The van der Waals surface area contributed by atoms with Crippen LogP contribution in [0.25, 0.3) is 10.1 Å². The maximum Gasteiger partial charge on any atom is 0.573 e. The summed E-state index contributed by atoms with van der Waals surface area (Å²) in [6, 6.07) is 9.33. The third-order valence-electron chi connectivity index (χ3n) is 5.07. The monoisotopic (exact) mass is 435 g/mol. The van der Waals surface area contributed by atoms with E-state index in [2.05, 4.69) is 32.9 Å². The van der Waals surface area contributed by atoms with E-state index in [0.717, 1.165) is 24.3 Å². The Kier molecular flexibility index (Phi) is 5.55. The fourth-order valence-corrected chi connectivity index (χ4v) is 4.58. The summed E-state index contributed by atoms with van der Waals surface area (Å²) in [7, 11) is 0. The molecule has 158 valence electrons. The second kappa shape index (κ2) is 8.14. The summed E-state index contributed by atoms with van der Waals surface area (Å²) in [5.74, 6) is 0.350. The van der Waals surface area contributed by atoms with Crippen molar-refractivity contribution >= 4 is 38.8 Å². The van der Waals surface area contributed by atoms with Gasteiger partial charge in [0.2, 0.25) is 5.91 Å². The normalized spacial score (nSPS) is 15.4. The second-order valence-corrected chi connectivity index (χ2v) is 8.51. The van der Waals surface area contributed by atoms with Crippen LogP contribution >= 0.6 is 11.3 Å². The number of hydrogen-bond acceptors (Lipinski definition) is 5. The van der Waals surface area contributed by atoms with E-state index in [9.17, 15) is 18.0 Å². The van der Waals surface area contributed by atoms with Gasteiger partial charge in [0, 0.05) is 45.9 Å². The number of halogens is 3. The summed E-state index contributed by atoms with van der Waals surface area (Å²) in [5.41, 5.74) is 0.442. The van der Waals surface area contributed by atoms with Gasteiger partial charge in [0.05, 0.1) is 0 Å². The van der Waals surface area contributed by atoms with E-state index in [1.165, 1.54) is 33.8 Å². The average Bonchev–Trinajstić information content (AvgIpc) is 3.08. The van der Waals surface area contributed by atoms with Crippen LogP contribution < -0.4 is 15.0 Å². The first-order chi connectivity index (χ1) is 14.3. The molecule has 30 heavy (non-hydrogen) atoms. The molecule has 0 unspecified atom stereocenters. The minimum Gasteiger partial charge on any atom is -0.406 e. The van der Waals surface area contributed by atoms with Gasteiger partial charge in [0.15, 0.2) is 0 Å². The number of carbonyl (C=O) groups excluding carboxylic acids is 1. The number of alkyl halides is 3. The zero-order valence-corrected chi connectivity index (χ0v) is 17.0. The first-order valence-corrected chi connectivity index (χ1v) is 10.4. The molecule has 0 atom stereocenters. The van der Waals surface area contributed by atoms with Crippen LogP contribution in [0.5, 0.6) is 5.75 Å². The van der Waals surface area contributed by atoms with Crippen LogP contribution in [-0.2, 0) is 4.79 Å². The number of nitrogens with one attached hydrogen (secondary N) is 1. The molecule has 1 aliphatic rings. The molecule has 0 radical (unpaired) electrons. The number of aromatic nitrogens is 1. The van der Waals surface area contributed by atoms with Crippen LogP contribution in [0.3, 0.4) is 0 Å². The first-order valence-electron chi connectivity index (χ1n) is 9.55. The van der Waals surface area contributed by atoms with Crippen LogP contribution in [0.15, 0.2) is 42.6 Å². The average molecular weight is 435 g/mol. The number of thiophene rings is 1. The largest absolute Gasteiger partial charge is 0.573 e. The van der Waals surface area contributed by atoms with Gasteiger partial charge >= 0.3 is 6.36 Å². The molecule has 1 amide bonds. The highest BCUT2D eigenvalue weighted by atomic mass is 32.1. The quantitative estimate of drug-likeness (QED) is 0.600. The second-order valence-electron chi connectivity index (χ2n) is 7.23. The number of anilines is 2. The smallest absolute Gasteiger partial charge is 0.406 e. The topological polar surface area (TPSA) is 54.5 Å². The molecule has 1 aliphatic heterocycles. The summed E-state index contributed by atoms with van der Waals surface area (Å²) < 4.78 is 41.8. The highest BCUT2D eigenvalue weighted by Crippen LogP contribution is 2.33. The van der Waals surface area contributed by atoms with Crippen molar-refractivity contribution in [3.05, 3.63) is 47.5 Å². The number of pyridine rings is 1. The molecule has 1 saturated heterocycles. The van der Waals surface area contributed by atoms with Crippen LogP contribution in [0.2, 0.25) is 0 Å². The van der Waals surface area contributed by atoms with Crippen molar-refractivity contribution in [3.8, 4) is 5.75 Å². The summed E-state index contributed by atoms with van der Waals surface area (Å²) in [6.45, 7) is 3.52. The van der Waals surface area contributed by atoms with E-state index in [-0.39, 0.29) is 17.6 Å². The van der Waals surface area contributed by atoms with Gasteiger partial charge in [-0.25, -0.2) is 4.98 Å². The molecule has 2 aromatic heterocycles. The van der Waals surface area contributed by atoms with E-state index in [0.29, 0.717) is 18.5 Å². The highest BCUT2D eigenvalue weighted by Gasteiger charge is 2.31. The van der Waals surface area contributed by atoms with E-state index in [4.69, 9.17) is 0 Å². The van der Waals surface area contributed by atoms with Crippen molar-refractivity contribution in [2.75, 3.05) is 23.3 Å². The van der Waals surface area contributed by atoms with Crippen LogP contribution in [0.1, 0.15) is 17.7 Å². The third-order valence-corrected chi connectivity index (χ3v) is 6.08. The number of piperidine rings is 1. The number of ether oxygens (including phenoxy) is 1. The minimum absolute atomic E-state index is 0.128. The molecular formula is C21H20F3N3O2S. The number of benzene rings is 1. The van der Waals surface area contributed by atoms with Gasteiger partial charge in [0.25, 0.3) is 0 Å². The van der Waals surface area contributed by atoms with Gasteiger partial charge < -0.3 is 15.0 Å². The number of hydrogen-bond donors (Lipinski definition) is 1. The lowest BCUT2D eigenvalue weighted by Gasteiger charge is -2.32. The number of amides is 1. The number of aryl methyl sites for hydroxylation is 1. The van der Waals surface area contributed by atoms with E-state index >= 15 is 0 Å². The van der Waals surface area contributed by atoms with Gasteiger partial charge in [-0.2, -0.15) is 0 Å². The molecule has 0 saturated carbocycles. The number of rotatable bonds is 4. The summed E-state index contributed by atoms with van der Waals surface area (Å²) >= 11 is 1.74. The van der Waals surface area contributed by atoms with Gasteiger partial charge in [-0.15, -0.1) is 24.5 Å². The SMILES string of the molecule is Cc1cc2c(N3CCC(C(=O)Nc4ccc(OC(F)(F)F)cc4)CC3)nccc2s1. The Hall–Kier alpha value is -2.81. The lowest BCUT2D eigenvalue weighted by molar-refractivity contribution is -0.274. The van der Waals surface area contributed by atoms with Crippen molar-refractivity contribution in [2.45, 2.75) is 26.1 Å². The fourth-order valence-electron chi connectivity index (χ4n) is 3.67. The predicted molar refractivity (Wildman–Crippen MR) is 111 cm³/mol. The molecule has 1 aromatic carbocycles. The van der Waals surface area contributed by atoms with Crippen molar-refractivity contribution in [2.24, 2.45) is 5.92 Å². The molecule has 0 aliphatic carbocycles. The Morgan fingerprint density at radius 2 is 1.90 bits per heavy atom. The Labute approximate surface area is 175 Å². The van der Waals surface area contributed by atoms with Crippen molar-refractivity contribution < 1.29 is 22.7 Å². The molecule has 3 heterocycles. The molecule has 3 aromatic rings. The summed E-state index contributed by atoms with van der Waals surface area (Å²) in [6.07, 6.45) is -1.55. The standard InChI is InChI=1S/C21H20F3N3O2S/c1-13-12-17-18(30-13)6-9-25-19(17)27-10-7-14(8-11-27)20(28)26-15-2-4-16(5-3-15)29-21(22,23)24/h2-6,9,12,14H,7-8,10-11H2,1H3,(H,26,28). The van der Waals surface area contributed by atoms with Crippen LogP contribution in [0, 0.1) is 12.8 Å². The summed E-state index contributed by atoms with van der Waals surface area (Å²) in [4.78, 5) is 20.6. The maximum atomic E-state index is 12.6. The van der Waals surface area contributed by atoms with Gasteiger partial charge in [-0.3, -0.25) is 4.79 Å². The molecule has 1 N–H and O–H groups in total. The van der Waals surface area contributed by atoms with E-state index in [1.807, 2.05) is 12.3 Å². The van der Waals surface area contributed by atoms with Gasteiger partial charge in [-0.1, -0.05) is 0 Å². The zero-order chi connectivity index (χ0) is 21.3. The number of carbonyl (C=O) groups is 1. The lowest BCUT2D eigenvalue weighted by atomic mass is 9.95. The van der Waals surface area contributed by atoms with Crippen molar-refractivity contribution in [3.63, 3.8) is 0 Å². The Morgan fingerprint density at radius 1 is 1.20 bits per heavy atom. The number of nitrogens with zero attached hydrogens (tertiary/aromatic N) is 2. The molecule has 5 nitrogen and oxygen atoms in total. The summed E-state index contributed by atoms with van der Waals surface area (Å²) in [5, 5.41) is 3.92. The fraction of sp³-hybridized carbons (Fsp3) is 0.333. The molecule has 4 rings (SSSR count). The molecule has 0 bridgehead atoms. The molecular weight excluding hydrogens is 415 g/mol. The third kappa shape index (κ3) is 4.67. The first kappa shape index (κ1) is 20.5. The molecule has 0 spiro atoms. The number of fused-ring (bicyclic) bond motifs is 1.